The lowest BCUT2D eigenvalue weighted by Crippen LogP contribution is -2.24. The number of aliphatic imine (C=N–C) groups is 1. The molecule has 2 heterocycles. The van der Waals surface area contributed by atoms with Gasteiger partial charge in [0.05, 0.1) is 41.7 Å². The first kappa shape index (κ1) is 28.0. The van der Waals surface area contributed by atoms with E-state index in [0.29, 0.717) is 22.7 Å². The van der Waals surface area contributed by atoms with Gasteiger partial charge in [-0.3, -0.25) is 19.9 Å². The number of nitrogens with zero attached hydrogens (tertiary/aromatic N) is 4. The van der Waals surface area contributed by atoms with Gasteiger partial charge in [0.1, 0.15) is 0 Å². The van der Waals surface area contributed by atoms with E-state index >= 15 is 0 Å². The molecule has 208 valence electrons. The minimum absolute atomic E-state index is 0.00980. The smallest absolute Gasteiger partial charge is 0.283 e. The van der Waals surface area contributed by atoms with Crippen LogP contribution in [0, 0.1) is 10.1 Å². The second kappa shape index (κ2) is 12.8. The van der Waals surface area contributed by atoms with Crippen LogP contribution in [0.5, 0.6) is 0 Å². The highest BCUT2D eigenvalue weighted by Gasteiger charge is 2.17. The predicted octanol–water partition coefficient (Wildman–Crippen LogP) is 8.12. The molecule has 2 aromatic heterocycles. The lowest BCUT2D eigenvalue weighted by molar-refractivity contribution is -0.387. The summed E-state index contributed by atoms with van der Waals surface area (Å²) in [5, 5.41) is 14.8. The van der Waals surface area contributed by atoms with E-state index in [9.17, 15) is 14.9 Å². The van der Waals surface area contributed by atoms with E-state index in [0.717, 1.165) is 34.7 Å². The first-order valence-electron chi connectivity index (χ1n) is 12.7. The Morgan fingerprint density at radius 2 is 1.67 bits per heavy atom. The summed E-state index contributed by atoms with van der Waals surface area (Å²) < 4.78 is 3.55. The zero-order valence-corrected chi connectivity index (χ0v) is 25.1. The van der Waals surface area contributed by atoms with E-state index in [1.54, 1.807) is 12.3 Å². The molecule has 0 saturated carbocycles. The van der Waals surface area contributed by atoms with E-state index in [-0.39, 0.29) is 22.3 Å². The monoisotopic (exact) mass is 627 g/mol. The summed E-state index contributed by atoms with van der Waals surface area (Å²) in [4.78, 5) is 38.0. The molecule has 0 spiro atoms. The Kier molecular flexibility index (Phi) is 8.56. The van der Waals surface area contributed by atoms with E-state index < -0.39 is 0 Å². The molecule has 12 heteroatoms. The Balaban J connectivity index is 1.11. The molecule has 0 unspecified atom stereocenters. The van der Waals surface area contributed by atoms with E-state index in [1.165, 1.54) is 52.3 Å². The van der Waals surface area contributed by atoms with Crippen molar-refractivity contribution in [2.24, 2.45) is 4.99 Å². The largest absolute Gasteiger partial charge is 0.351 e. The van der Waals surface area contributed by atoms with Crippen molar-refractivity contribution in [1.82, 2.24) is 15.3 Å². The molecule has 42 heavy (non-hydrogen) atoms. The van der Waals surface area contributed by atoms with Crippen LogP contribution in [-0.2, 0) is 11.3 Å². The number of carbonyl (C=O) groups excluding carboxylic acids is 1. The van der Waals surface area contributed by atoms with Gasteiger partial charge in [0.2, 0.25) is 5.91 Å². The number of fused-ring (bicyclic) bond motifs is 2. The van der Waals surface area contributed by atoms with Gasteiger partial charge in [-0.05, 0) is 47.5 Å². The number of rotatable bonds is 10. The fourth-order valence-corrected chi connectivity index (χ4v) is 8.03. The third-order valence-electron chi connectivity index (χ3n) is 6.03. The van der Waals surface area contributed by atoms with Crippen LogP contribution in [0.4, 0.5) is 11.4 Å². The van der Waals surface area contributed by atoms with Gasteiger partial charge in [-0.25, -0.2) is 9.97 Å². The third kappa shape index (κ3) is 6.85. The van der Waals surface area contributed by atoms with Crippen LogP contribution in [0.25, 0.3) is 20.4 Å². The average Bonchev–Trinajstić information content (AvgIpc) is 3.61. The molecule has 0 radical (unpaired) electrons. The van der Waals surface area contributed by atoms with Crippen molar-refractivity contribution in [3.63, 3.8) is 0 Å². The maximum atomic E-state index is 12.3. The molecule has 0 aliphatic rings. The highest BCUT2D eigenvalue weighted by Crippen LogP contribution is 2.39. The Morgan fingerprint density at radius 1 is 0.905 bits per heavy atom. The average molecular weight is 628 g/mol. The number of hydrogen-bond donors (Lipinski definition) is 1. The van der Waals surface area contributed by atoms with Gasteiger partial charge in [-0.1, -0.05) is 72.1 Å². The number of para-hydroxylation sites is 1. The number of thioether (sulfide) groups is 1. The van der Waals surface area contributed by atoms with Gasteiger partial charge < -0.3 is 5.32 Å². The minimum Gasteiger partial charge on any atom is -0.351 e. The quantitative estimate of drug-likeness (QED) is 0.0707. The first-order valence-corrected chi connectivity index (χ1v) is 16.1. The minimum atomic E-state index is -0.377. The van der Waals surface area contributed by atoms with E-state index in [1.807, 2.05) is 78.9 Å². The Labute approximate surface area is 257 Å². The summed E-state index contributed by atoms with van der Waals surface area (Å²) >= 11 is 5.70. The molecule has 0 aliphatic heterocycles. The number of benzene rings is 4. The van der Waals surface area contributed by atoms with Gasteiger partial charge in [0.25, 0.3) is 5.69 Å². The maximum Gasteiger partial charge on any atom is 0.283 e. The second-order valence-electron chi connectivity index (χ2n) is 8.97. The topological polar surface area (TPSA) is 110 Å². The van der Waals surface area contributed by atoms with Gasteiger partial charge in [0, 0.05) is 18.8 Å². The number of thiazole rings is 2. The maximum absolute atomic E-state index is 12.3. The SMILES string of the molecule is O=C(CSc1nc2ccc(N=Cc3ccc(Sc4nc5ccccc5s4)c([N+](=O)[O-])c3)cc2s1)NCc1ccccc1. The van der Waals surface area contributed by atoms with Crippen molar-refractivity contribution in [3.8, 4) is 0 Å². The molecular weight excluding hydrogens is 607 g/mol. The molecule has 0 atom stereocenters. The van der Waals surface area contributed by atoms with Gasteiger partial charge >= 0.3 is 0 Å². The second-order valence-corrected chi connectivity index (χ2v) is 13.5. The molecular formula is C30H21N5O3S4. The van der Waals surface area contributed by atoms with E-state index in [4.69, 9.17) is 0 Å². The number of aromatic nitrogens is 2. The number of nitrogens with one attached hydrogen (secondary N) is 1. The van der Waals surface area contributed by atoms with Crippen molar-refractivity contribution in [1.29, 1.82) is 0 Å². The van der Waals surface area contributed by atoms with Crippen molar-refractivity contribution in [2.45, 2.75) is 20.1 Å². The summed E-state index contributed by atoms with van der Waals surface area (Å²) in [6, 6.07) is 28.3. The lowest BCUT2D eigenvalue weighted by atomic mass is 10.2. The molecule has 4 aromatic carbocycles. The fraction of sp³-hybridized carbons (Fsp3) is 0.0667. The highest BCUT2D eigenvalue weighted by molar-refractivity contribution is 8.01. The zero-order valence-electron chi connectivity index (χ0n) is 21.8. The Morgan fingerprint density at radius 3 is 2.50 bits per heavy atom. The summed E-state index contributed by atoms with van der Waals surface area (Å²) in [5.74, 6) is 0.232. The molecule has 1 amide bonds. The van der Waals surface area contributed by atoms with Crippen molar-refractivity contribution in [3.05, 3.63) is 112 Å². The molecule has 6 aromatic rings. The first-order chi connectivity index (χ1) is 20.5. The van der Waals surface area contributed by atoms with Crippen molar-refractivity contribution >= 4 is 90.1 Å². The van der Waals surface area contributed by atoms with Gasteiger partial charge in [0.15, 0.2) is 8.68 Å². The fourth-order valence-electron chi connectivity index (χ4n) is 3.99. The summed E-state index contributed by atoms with van der Waals surface area (Å²) in [6.45, 7) is 0.495. The number of nitro groups is 1. The van der Waals surface area contributed by atoms with Crippen LogP contribution in [0.15, 0.2) is 110 Å². The number of hydrogen-bond acceptors (Lipinski definition) is 10. The third-order valence-corrected chi connectivity index (χ3v) is 10.3. The van der Waals surface area contributed by atoms with Crippen LogP contribution < -0.4 is 5.32 Å². The molecule has 0 bridgehead atoms. The molecule has 0 aliphatic carbocycles. The van der Waals surface area contributed by atoms with Crippen LogP contribution in [-0.4, -0.2) is 32.8 Å². The highest BCUT2D eigenvalue weighted by atomic mass is 32.2. The Bertz CT molecular complexity index is 1910. The molecule has 8 nitrogen and oxygen atoms in total. The summed E-state index contributed by atoms with van der Waals surface area (Å²) in [5.41, 5.74) is 4.10. The Hall–Kier alpha value is -4.10. The lowest BCUT2D eigenvalue weighted by Gasteiger charge is -2.03. The molecule has 0 saturated heterocycles. The molecule has 6 rings (SSSR count). The predicted molar refractivity (Wildman–Crippen MR) is 173 cm³/mol. The number of amides is 1. The van der Waals surface area contributed by atoms with Crippen LogP contribution in [0.2, 0.25) is 0 Å². The van der Waals surface area contributed by atoms with Crippen molar-refractivity contribution in [2.75, 3.05) is 5.75 Å². The normalized spacial score (nSPS) is 11.4. The standard InChI is InChI=1S/C30H21N5O3S4/c36-28(32-16-19-6-2-1-3-7-19)18-39-29-33-23-12-11-21(15-27(23)42-29)31-17-20-10-13-26(24(14-20)35(37)38)41-30-34-22-8-4-5-9-25(22)40-30/h1-15,17H,16,18H2,(H,32,36). The van der Waals surface area contributed by atoms with E-state index in [2.05, 4.69) is 20.3 Å². The van der Waals surface area contributed by atoms with Crippen LogP contribution in [0.1, 0.15) is 11.1 Å². The number of nitro benzene ring substituents is 1. The summed E-state index contributed by atoms with van der Waals surface area (Å²) in [7, 11) is 0. The van der Waals surface area contributed by atoms with Crippen LogP contribution in [0.3, 0.4) is 0 Å². The molecule has 0 fully saturated rings. The number of carbonyl (C=O) groups is 1. The van der Waals surface area contributed by atoms with Gasteiger partial charge in [-0.15, -0.1) is 22.7 Å². The van der Waals surface area contributed by atoms with Crippen LogP contribution >= 0.6 is 46.2 Å². The molecule has 1 N–H and O–H groups in total. The van der Waals surface area contributed by atoms with Crippen molar-refractivity contribution < 1.29 is 9.72 Å². The zero-order chi connectivity index (χ0) is 28.9. The summed E-state index contributed by atoms with van der Waals surface area (Å²) in [6.07, 6.45) is 1.62. The van der Waals surface area contributed by atoms with Gasteiger partial charge in [-0.2, -0.15) is 0 Å².